The second-order valence-corrected chi connectivity index (χ2v) is 2.51. The van der Waals surface area contributed by atoms with Gasteiger partial charge in [-0.05, 0) is 0 Å². The number of rotatable bonds is 0. The second-order valence-electron chi connectivity index (χ2n) is 2.51. The van der Waals surface area contributed by atoms with Crippen LogP contribution in [0.4, 0.5) is 0 Å². The molecule has 10 heavy (non-hydrogen) atoms. The summed E-state index contributed by atoms with van der Waals surface area (Å²) in [7, 11) is 0. The number of halogens is 1. The maximum atomic E-state index is 5.41. The molecule has 0 bridgehead atoms. The lowest BCUT2D eigenvalue weighted by molar-refractivity contribution is 0.0115. The van der Waals surface area contributed by atoms with Crippen molar-refractivity contribution in [3.8, 4) is 0 Å². The summed E-state index contributed by atoms with van der Waals surface area (Å²) in [6, 6.07) is 0.471. The van der Waals surface area contributed by atoms with Crippen LogP contribution < -0.4 is 5.32 Å². The molecule has 1 N–H and O–H groups in total. The largest absolute Gasteiger partial charge is 0.377 e. The zero-order valence-electron chi connectivity index (χ0n) is 5.71. The summed E-state index contributed by atoms with van der Waals surface area (Å²) in [6.07, 6.45) is 0.332. The monoisotopic (exact) mass is 165 g/mol. The molecule has 0 spiro atoms. The zero-order chi connectivity index (χ0) is 6.10. The van der Waals surface area contributed by atoms with Crippen molar-refractivity contribution >= 4 is 12.4 Å². The summed E-state index contributed by atoms with van der Waals surface area (Å²) in [5, 5.41) is 3.33. The molecule has 0 amide bonds. The molecule has 2 atom stereocenters. The Kier molecular flexibility index (Phi) is 2.92. The van der Waals surface area contributed by atoms with E-state index in [1.54, 1.807) is 0 Å². The number of morpholine rings is 1. The third-order valence-electron chi connectivity index (χ3n) is 1.87. The molecule has 60 valence electrons. The van der Waals surface area contributed by atoms with Crippen LogP contribution in [0, 0.1) is 0 Å². The van der Waals surface area contributed by atoms with Crippen molar-refractivity contribution < 1.29 is 9.47 Å². The molecular weight excluding hydrogens is 154 g/mol. The quantitative estimate of drug-likeness (QED) is 0.539. The predicted molar refractivity (Wildman–Crippen MR) is 39.6 cm³/mol. The van der Waals surface area contributed by atoms with Crippen molar-refractivity contribution in [2.75, 3.05) is 26.4 Å². The first-order valence-corrected chi connectivity index (χ1v) is 3.39. The highest BCUT2D eigenvalue weighted by atomic mass is 35.5. The van der Waals surface area contributed by atoms with Gasteiger partial charge < -0.3 is 14.8 Å². The van der Waals surface area contributed by atoms with Crippen LogP contribution in [0.25, 0.3) is 0 Å². The van der Waals surface area contributed by atoms with Crippen molar-refractivity contribution in [2.24, 2.45) is 0 Å². The van der Waals surface area contributed by atoms with E-state index in [1.165, 1.54) is 0 Å². The fourth-order valence-electron chi connectivity index (χ4n) is 1.34. The molecule has 0 aromatic heterocycles. The Morgan fingerprint density at radius 3 is 3.00 bits per heavy atom. The standard InChI is InChI=1S/C6H11NO2.ClH/c1-2-9-6-4-8-3-5(6)7-1;/h5-7H,1-4H2;1H/t5-,6+;/m1./s1. The molecule has 2 aliphatic rings. The van der Waals surface area contributed by atoms with Gasteiger partial charge in [0.2, 0.25) is 0 Å². The number of hydrogen-bond acceptors (Lipinski definition) is 3. The Morgan fingerprint density at radius 1 is 1.30 bits per heavy atom. The Labute approximate surface area is 66.5 Å². The molecule has 0 aromatic rings. The second kappa shape index (κ2) is 3.53. The van der Waals surface area contributed by atoms with Crippen LogP contribution >= 0.6 is 12.4 Å². The van der Waals surface area contributed by atoms with E-state index in [0.717, 1.165) is 26.4 Å². The average molecular weight is 166 g/mol. The van der Waals surface area contributed by atoms with Gasteiger partial charge in [-0.3, -0.25) is 0 Å². The van der Waals surface area contributed by atoms with Crippen LogP contribution in [0.3, 0.4) is 0 Å². The smallest absolute Gasteiger partial charge is 0.0984 e. The molecule has 0 unspecified atom stereocenters. The molecule has 4 heteroatoms. The molecular formula is C6H12ClNO2. The van der Waals surface area contributed by atoms with Crippen LogP contribution in [0.2, 0.25) is 0 Å². The van der Waals surface area contributed by atoms with Gasteiger partial charge in [-0.1, -0.05) is 0 Å². The highest BCUT2D eigenvalue weighted by molar-refractivity contribution is 5.85. The van der Waals surface area contributed by atoms with Crippen LogP contribution in [0.15, 0.2) is 0 Å². The lowest BCUT2D eigenvalue weighted by atomic mass is 10.2. The number of nitrogens with one attached hydrogen (secondary N) is 1. The molecule has 2 rings (SSSR count). The molecule has 0 aromatic carbocycles. The first kappa shape index (κ1) is 8.27. The first-order chi connectivity index (χ1) is 4.47. The van der Waals surface area contributed by atoms with E-state index < -0.39 is 0 Å². The third-order valence-corrected chi connectivity index (χ3v) is 1.87. The van der Waals surface area contributed by atoms with Gasteiger partial charge in [0.05, 0.1) is 32.0 Å². The molecule has 0 aliphatic carbocycles. The van der Waals surface area contributed by atoms with E-state index >= 15 is 0 Å². The summed E-state index contributed by atoms with van der Waals surface area (Å²) < 4.78 is 10.6. The zero-order valence-corrected chi connectivity index (χ0v) is 6.52. The lowest BCUT2D eigenvalue weighted by Crippen LogP contribution is -2.47. The third kappa shape index (κ3) is 1.42. The van der Waals surface area contributed by atoms with E-state index in [1.807, 2.05) is 0 Å². The molecule has 2 aliphatic heterocycles. The van der Waals surface area contributed by atoms with Crippen LogP contribution in [0.1, 0.15) is 0 Å². The number of fused-ring (bicyclic) bond motifs is 1. The minimum absolute atomic E-state index is 0. The Balaban J connectivity index is 0.000000500. The summed E-state index contributed by atoms with van der Waals surface area (Å²) in [5.41, 5.74) is 0. The van der Waals surface area contributed by atoms with Crippen LogP contribution in [-0.4, -0.2) is 38.5 Å². The minimum Gasteiger partial charge on any atom is -0.377 e. The average Bonchev–Trinajstić information content (AvgIpc) is 2.33. The van der Waals surface area contributed by atoms with Gasteiger partial charge in [-0.2, -0.15) is 0 Å². The van der Waals surface area contributed by atoms with Crippen molar-refractivity contribution in [1.82, 2.24) is 5.32 Å². The highest BCUT2D eigenvalue weighted by Gasteiger charge is 2.30. The predicted octanol–water partition coefficient (Wildman–Crippen LogP) is -0.205. The van der Waals surface area contributed by atoms with Gasteiger partial charge in [-0.15, -0.1) is 12.4 Å². The van der Waals surface area contributed by atoms with Gasteiger partial charge >= 0.3 is 0 Å². The van der Waals surface area contributed by atoms with Crippen LogP contribution in [-0.2, 0) is 9.47 Å². The molecule has 3 nitrogen and oxygen atoms in total. The molecule has 2 saturated heterocycles. The molecule has 0 saturated carbocycles. The topological polar surface area (TPSA) is 30.5 Å². The van der Waals surface area contributed by atoms with Gasteiger partial charge in [0.25, 0.3) is 0 Å². The minimum atomic E-state index is 0. The maximum Gasteiger partial charge on any atom is 0.0984 e. The van der Waals surface area contributed by atoms with E-state index in [0.29, 0.717) is 12.1 Å². The number of ether oxygens (including phenoxy) is 2. The highest BCUT2D eigenvalue weighted by Crippen LogP contribution is 2.11. The van der Waals surface area contributed by atoms with E-state index in [9.17, 15) is 0 Å². The normalized spacial score (nSPS) is 38.4. The Hall–Kier alpha value is 0.170. The first-order valence-electron chi connectivity index (χ1n) is 3.39. The summed E-state index contributed by atoms with van der Waals surface area (Å²) in [5.74, 6) is 0. The van der Waals surface area contributed by atoms with E-state index in [4.69, 9.17) is 9.47 Å². The molecule has 2 fully saturated rings. The fourth-order valence-corrected chi connectivity index (χ4v) is 1.34. The maximum absolute atomic E-state index is 5.41. The van der Waals surface area contributed by atoms with Crippen molar-refractivity contribution in [3.63, 3.8) is 0 Å². The Bertz CT molecular complexity index is 99.9. The van der Waals surface area contributed by atoms with Gasteiger partial charge in [0.15, 0.2) is 0 Å². The summed E-state index contributed by atoms with van der Waals surface area (Å²) in [6.45, 7) is 3.41. The Morgan fingerprint density at radius 2 is 2.20 bits per heavy atom. The van der Waals surface area contributed by atoms with E-state index in [-0.39, 0.29) is 12.4 Å². The van der Waals surface area contributed by atoms with Gasteiger partial charge in [-0.25, -0.2) is 0 Å². The van der Waals surface area contributed by atoms with E-state index in [2.05, 4.69) is 5.32 Å². The van der Waals surface area contributed by atoms with Crippen LogP contribution in [0.5, 0.6) is 0 Å². The molecule has 0 radical (unpaired) electrons. The summed E-state index contributed by atoms with van der Waals surface area (Å²) in [4.78, 5) is 0. The van der Waals surface area contributed by atoms with Crippen molar-refractivity contribution in [2.45, 2.75) is 12.1 Å². The lowest BCUT2D eigenvalue weighted by Gasteiger charge is -2.24. The summed E-state index contributed by atoms with van der Waals surface area (Å²) >= 11 is 0. The van der Waals surface area contributed by atoms with Crippen molar-refractivity contribution in [1.29, 1.82) is 0 Å². The fraction of sp³-hybridized carbons (Fsp3) is 1.00. The molecule has 2 heterocycles. The number of hydrogen-bond donors (Lipinski definition) is 1. The van der Waals surface area contributed by atoms with Crippen molar-refractivity contribution in [3.05, 3.63) is 0 Å². The van der Waals surface area contributed by atoms with Gasteiger partial charge in [0, 0.05) is 6.54 Å². The van der Waals surface area contributed by atoms with Gasteiger partial charge in [0.1, 0.15) is 0 Å². The SMILES string of the molecule is C1CO[C@H]2COC[C@H]2N1.Cl.